The molecule has 2 aromatic carbocycles. The summed E-state index contributed by atoms with van der Waals surface area (Å²) in [5.41, 5.74) is 4.06. The first-order valence-electron chi connectivity index (χ1n) is 10.9. The molecule has 1 fully saturated rings. The summed E-state index contributed by atoms with van der Waals surface area (Å²) < 4.78 is 10.8. The fourth-order valence-electron chi connectivity index (χ4n) is 3.61. The van der Waals surface area contributed by atoms with Crippen LogP contribution in [0, 0.1) is 0 Å². The molecule has 0 amide bonds. The van der Waals surface area contributed by atoms with Gasteiger partial charge in [-0.25, -0.2) is 4.79 Å². The summed E-state index contributed by atoms with van der Waals surface area (Å²) in [5, 5.41) is 6.03. The van der Waals surface area contributed by atoms with E-state index < -0.39 is 11.5 Å². The molecule has 7 heteroatoms. The largest absolute Gasteiger partial charge is 0.458 e. The van der Waals surface area contributed by atoms with Crippen molar-refractivity contribution in [2.75, 3.05) is 32.9 Å². The average Bonchev–Trinajstić information content (AvgIpc) is 2.86. The van der Waals surface area contributed by atoms with Gasteiger partial charge in [-0.1, -0.05) is 78.6 Å². The van der Waals surface area contributed by atoms with E-state index in [1.54, 1.807) is 11.4 Å². The number of carbonyl (C=O) groups excluding carboxylic acids is 1. The highest BCUT2D eigenvalue weighted by Crippen LogP contribution is 2.23. The molecule has 0 unspecified atom stereocenters. The molecule has 3 rings (SSSR count). The minimum absolute atomic E-state index is 0.175. The Labute approximate surface area is 200 Å². The van der Waals surface area contributed by atoms with Crippen molar-refractivity contribution in [2.45, 2.75) is 26.0 Å². The molecule has 0 atom stereocenters. The number of thiocarbonyl (C=S) groups is 1. The summed E-state index contributed by atoms with van der Waals surface area (Å²) in [6.45, 7) is 10.7. The number of hydrogen-bond donors (Lipinski definition) is 0. The van der Waals surface area contributed by atoms with Crippen LogP contribution in [0.15, 0.2) is 60.3 Å². The Balaban J connectivity index is 1.68. The highest BCUT2D eigenvalue weighted by atomic mass is 32.1. The highest BCUT2D eigenvalue weighted by molar-refractivity contribution is 7.79. The molecular weight excluding hydrogens is 436 g/mol. The lowest BCUT2D eigenvalue weighted by molar-refractivity contribution is -0.150. The molecule has 1 heterocycles. The molecule has 0 saturated carbocycles. The van der Waals surface area contributed by atoms with Gasteiger partial charge in [0, 0.05) is 24.0 Å². The zero-order valence-corrected chi connectivity index (χ0v) is 20.0. The third-order valence-electron chi connectivity index (χ3n) is 5.65. The Bertz CT molecular complexity index is 978. The smallest absolute Gasteiger partial charge is 0.347 e. The second-order valence-corrected chi connectivity index (χ2v) is 8.45. The Morgan fingerprint density at radius 1 is 1.12 bits per heavy atom. The second kappa shape index (κ2) is 11.8. The van der Waals surface area contributed by atoms with Crippen LogP contribution in [0.3, 0.4) is 0 Å². The van der Waals surface area contributed by atoms with Crippen LogP contribution >= 0.6 is 12.2 Å². The number of carbonyl (C=O) groups is 1. The highest BCUT2D eigenvalue weighted by Gasteiger charge is 2.35. The maximum atomic E-state index is 12.2. The first kappa shape index (κ1) is 24.8. The van der Waals surface area contributed by atoms with Crippen molar-refractivity contribution in [3.05, 3.63) is 77.4 Å². The van der Waals surface area contributed by atoms with Crippen molar-refractivity contribution >= 4 is 35.3 Å². The third-order valence-corrected chi connectivity index (χ3v) is 5.93. The summed E-state index contributed by atoms with van der Waals surface area (Å²) in [5.74, 6) is -0.480. The van der Waals surface area contributed by atoms with E-state index in [0.29, 0.717) is 13.2 Å². The quantitative estimate of drug-likeness (QED) is 0.226. The molecule has 0 bridgehead atoms. The van der Waals surface area contributed by atoms with Crippen LogP contribution in [0.4, 0.5) is 0 Å². The minimum Gasteiger partial charge on any atom is -0.458 e. The molecule has 1 saturated heterocycles. The normalized spacial score (nSPS) is 15.0. The first-order valence-corrected chi connectivity index (χ1v) is 11.4. The molecule has 1 aliphatic heterocycles. The zero-order valence-electron chi connectivity index (χ0n) is 19.2. The predicted molar refractivity (Wildman–Crippen MR) is 134 cm³/mol. The summed E-state index contributed by atoms with van der Waals surface area (Å²) >= 11 is 5.02. The summed E-state index contributed by atoms with van der Waals surface area (Å²) in [6, 6.07) is 15.5. The van der Waals surface area contributed by atoms with Gasteiger partial charge in [-0.05, 0) is 30.5 Å². The van der Waals surface area contributed by atoms with Gasteiger partial charge in [-0.15, -0.1) is 0 Å². The minimum atomic E-state index is -0.480. The van der Waals surface area contributed by atoms with Gasteiger partial charge in [0.2, 0.25) is 6.61 Å². The number of hydrogen-bond acceptors (Lipinski definition) is 7. The van der Waals surface area contributed by atoms with Crippen molar-refractivity contribution in [2.24, 2.45) is 5.16 Å². The van der Waals surface area contributed by atoms with Crippen molar-refractivity contribution < 1.29 is 19.1 Å². The van der Waals surface area contributed by atoms with Crippen molar-refractivity contribution in [1.82, 2.24) is 4.90 Å². The monoisotopic (exact) mass is 466 g/mol. The van der Waals surface area contributed by atoms with E-state index in [2.05, 4.69) is 30.5 Å². The van der Waals surface area contributed by atoms with Crippen LogP contribution in [-0.4, -0.2) is 60.4 Å². The maximum Gasteiger partial charge on any atom is 0.347 e. The van der Waals surface area contributed by atoms with Crippen molar-refractivity contribution in [3.8, 4) is 0 Å². The van der Waals surface area contributed by atoms with E-state index in [1.807, 2.05) is 48.5 Å². The molecule has 33 heavy (non-hydrogen) atoms. The van der Waals surface area contributed by atoms with Gasteiger partial charge in [0.05, 0.1) is 18.8 Å². The van der Waals surface area contributed by atoms with E-state index in [1.165, 1.54) is 0 Å². The van der Waals surface area contributed by atoms with E-state index in [9.17, 15) is 4.79 Å². The lowest BCUT2D eigenvalue weighted by Gasteiger charge is -2.41. The second-order valence-electron chi connectivity index (χ2n) is 8.22. The van der Waals surface area contributed by atoms with Gasteiger partial charge in [0.1, 0.15) is 12.3 Å². The number of benzene rings is 2. The van der Waals surface area contributed by atoms with Gasteiger partial charge in [0.15, 0.2) is 0 Å². The van der Waals surface area contributed by atoms with Crippen LogP contribution in [0.5, 0.6) is 0 Å². The summed E-state index contributed by atoms with van der Waals surface area (Å²) in [7, 11) is 0. The van der Waals surface area contributed by atoms with Gasteiger partial charge < -0.3 is 14.3 Å². The molecule has 2 aromatic rings. The molecule has 0 aromatic heterocycles. The van der Waals surface area contributed by atoms with Crippen molar-refractivity contribution in [3.63, 3.8) is 0 Å². The SMILES string of the molecule is C=Cc1ccc(COC(=O)CO/N=C(/c2ccc(C=S)cc2)C(C)(C)N2CCOCC2)cc1. The predicted octanol–water partition coefficient (Wildman–Crippen LogP) is 4.25. The molecule has 0 radical (unpaired) electrons. The van der Waals surface area contributed by atoms with Crippen LogP contribution in [0.25, 0.3) is 6.08 Å². The number of morpholine rings is 1. The Morgan fingerprint density at radius 3 is 2.36 bits per heavy atom. The van der Waals surface area contributed by atoms with E-state index in [-0.39, 0.29) is 13.2 Å². The maximum absolute atomic E-state index is 12.2. The Kier molecular flexibility index (Phi) is 8.88. The van der Waals surface area contributed by atoms with Crippen LogP contribution in [0.2, 0.25) is 0 Å². The van der Waals surface area contributed by atoms with E-state index >= 15 is 0 Å². The van der Waals surface area contributed by atoms with Crippen molar-refractivity contribution in [1.29, 1.82) is 0 Å². The molecule has 0 spiro atoms. The molecule has 6 nitrogen and oxygen atoms in total. The lowest BCUT2D eigenvalue weighted by atomic mass is 9.89. The van der Waals surface area contributed by atoms with Gasteiger partial charge in [-0.2, -0.15) is 0 Å². The van der Waals surface area contributed by atoms with Crippen LogP contribution in [0.1, 0.15) is 36.1 Å². The summed E-state index contributed by atoms with van der Waals surface area (Å²) in [4.78, 5) is 20.0. The standard InChI is InChI=1S/C26H30N2O4S/c1-4-20-5-7-21(8-6-20)17-31-24(29)18-32-27-25(23-11-9-22(19-33)10-12-23)26(2,3)28-13-15-30-16-14-28/h4-12,19H,1,13-18H2,2-3H3/b27-25-. The number of esters is 1. The molecule has 0 aliphatic carbocycles. The van der Waals surface area contributed by atoms with Gasteiger partial charge in [-0.3, -0.25) is 4.90 Å². The summed E-state index contributed by atoms with van der Waals surface area (Å²) in [6.07, 6.45) is 1.76. The third kappa shape index (κ3) is 6.81. The zero-order chi connectivity index (χ0) is 23.7. The number of oxime groups is 1. The molecule has 0 N–H and O–H groups in total. The van der Waals surface area contributed by atoms with Crippen LogP contribution in [-0.2, 0) is 25.7 Å². The molecular formula is C26H30N2O4S. The molecule has 174 valence electrons. The number of rotatable bonds is 10. The van der Waals surface area contributed by atoms with Gasteiger partial charge >= 0.3 is 5.97 Å². The number of ether oxygens (including phenoxy) is 2. The number of nitrogens with zero attached hydrogens (tertiary/aromatic N) is 2. The van der Waals surface area contributed by atoms with Gasteiger partial charge in [0.25, 0.3) is 0 Å². The lowest BCUT2D eigenvalue weighted by Crippen LogP contribution is -2.54. The Morgan fingerprint density at radius 2 is 1.76 bits per heavy atom. The first-order chi connectivity index (χ1) is 15.9. The topological polar surface area (TPSA) is 60.4 Å². The fraction of sp³-hybridized carbons (Fsp3) is 0.346. The van der Waals surface area contributed by atoms with Crippen LogP contribution < -0.4 is 0 Å². The Hall–Kier alpha value is -2.87. The van der Waals surface area contributed by atoms with E-state index in [0.717, 1.165) is 41.1 Å². The average molecular weight is 467 g/mol. The molecule has 1 aliphatic rings. The fourth-order valence-corrected chi connectivity index (χ4v) is 3.77. The van der Waals surface area contributed by atoms with E-state index in [4.69, 9.17) is 26.5 Å².